The van der Waals surface area contributed by atoms with Crippen molar-refractivity contribution in [1.29, 1.82) is 0 Å². The van der Waals surface area contributed by atoms with Crippen molar-refractivity contribution in [3.05, 3.63) is 51.4 Å². The third-order valence-corrected chi connectivity index (χ3v) is 7.78. The summed E-state index contributed by atoms with van der Waals surface area (Å²) in [5.41, 5.74) is 2.88. The number of nitrogens with zero attached hydrogens (tertiary/aromatic N) is 2. The van der Waals surface area contributed by atoms with Gasteiger partial charge in [0.15, 0.2) is 5.13 Å². The van der Waals surface area contributed by atoms with Gasteiger partial charge in [0.1, 0.15) is 0 Å². The molecule has 0 bridgehead atoms. The molecule has 1 aromatic heterocycles. The molecule has 0 saturated heterocycles. The van der Waals surface area contributed by atoms with Crippen LogP contribution < -0.4 is 5.32 Å². The molecule has 1 fully saturated rings. The Kier molecular flexibility index (Phi) is 5.35. The summed E-state index contributed by atoms with van der Waals surface area (Å²) in [5, 5.41) is 4.74. The number of hydrogen-bond donors (Lipinski definition) is 1. The molecule has 0 atom stereocenters. The number of hydrogen-bond acceptors (Lipinski definition) is 5. The average molecular weight is 418 g/mol. The van der Waals surface area contributed by atoms with Gasteiger partial charge in [-0.25, -0.2) is 13.4 Å². The number of aromatic nitrogens is 1. The fourth-order valence-electron chi connectivity index (χ4n) is 3.25. The van der Waals surface area contributed by atoms with Crippen LogP contribution in [0.4, 0.5) is 5.13 Å². The predicted molar refractivity (Wildman–Crippen MR) is 111 cm³/mol. The molecule has 1 aliphatic carbocycles. The van der Waals surface area contributed by atoms with E-state index in [-0.39, 0.29) is 11.8 Å². The zero-order chi connectivity index (χ0) is 19.7. The van der Waals surface area contributed by atoms with Gasteiger partial charge in [0.05, 0.1) is 12.2 Å². The van der Waals surface area contributed by atoms with Gasteiger partial charge in [0.2, 0.25) is 15.9 Å². The van der Waals surface area contributed by atoms with Gasteiger partial charge >= 0.3 is 0 Å². The molecular weight excluding hydrogens is 394 g/mol. The third-order valence-electron chi connectivity index (χ3n) is 5.27. The Labute approximate surface area is 169 Å². The number of fused-ring (bicyclic) bond motifs is 1. The highest BCUT2D eigenvalue weighted by atomic mass is 32.2. The summed E-state index contributed by atoms with van der Waals surface area (Å²) in [6, 6.07) is 7.71. The van der Waals surface area contributed by atoms with Crippen LogP contribution in [0.5, 0.6) is 0 Å². The number of nitrogens with one attached hydrogen (secondary N) is 1. The quantitative estimate of drug-likeness (QED) is 0.807. The van der Waals surface area contributed by atoms with Gasteiger partial charge in [-0.3, -0.25) is 4.79 Å². The normalized spacial score (nSPS) is 18.0. The number of aryl methyl sites for hydroxylation is 1. The number of thiazole rings is 1. The standard InChI is InChI=1S/C20H23N3O3S2/c1-14-5-7-15(8-6-14)10-12-28(25,26)23-11-9-17-18(13-23)27-20(21-17)22-19(24)16-3-2-4-16/h5-8,10,12,16H,2-4,9,11,13H2,1H3,(H,21,22,24)/b12-10+. The van der Waals surface area contributed by atoms with E-state index in [9.17, 15) is 13.2 Å². The second kappa shape index (κ2) is 7.77. The van der Waals surface area contributed by atoms with Crippen LogP contribution in [0.1, 0.15) is 41.0 Å². The Hall–Kier alpha value is -2.03. The molecule has 4 rings (SSSR count). The van der Waals surface area contributed by atoms with E-state index in [1.165, 1.54) is 21.1 Å². The number of amides is 1. The molecule has 0 unspecified atom stereocenters. The largest absolute Gasteiger partial charge is 0.302 e. The summed E-state index contributed by atoms with van der Waals surface area (Å²) in [6.45, 7) is 2.69. The molecule has 1 N–H and O–H groups in total. The summed E-state index contributed by atoms with van der Waals surface area (Å²) >= 11 is 1.38. The molecule has 1 saturated carbocycles. The van der Waals surface area contributed by atoms with Gasteiger partial charge in [0, 0.05) is 29.2 Å². The van der Waals surface area contributed by atoms with Crippen molar-refractivity contribution in [2.24, 2.45) is 5.92 Å². The van der Waals surface area contributed by atoms with Crippen LogP contribution in [0.25, 0.3) is 6.08 Å². The molecular formula is C20H23N3O3S2. The first kappa shape index (κ1) is 19.3. The van der Waals surface area contributed by atoms with Crippen molar-refractivity contribution < 1.29 is 13.2 Å². The first-order chi connectivity index (χ1) is 13.4. The zero-order valence-corrected chi connectivity index (χ0v) is 17.4. The molecule has 1 aliphatic heterocycles. The maximum Gasteiger partial charge on any atom is 0.236 e. The second-order valence-corrected chi connectivity index (χ2v) is 10.3. The maximum absolute atomic E-state index is 12.7. The van der Waals surface area contributed by atoms with Crippen LogP contribution in [-0.2, 0) is 27.8 Å². The van der Waals surface area contributed by atoms with Crippen molar-refractivity contribution >= 4 is 38.5 Å². The molecule has 0 spiro atoms. The van der Waals surface area contributed by atoms with Gasteiger partial charge in [-0.05, 0) is 31.4 Å². The summed E-state index contributed by atoms with van der Waals surface area (Å²) < 4.78 is 26.9. The molecule has 2 aromatic rings. The first-order valence-electron chi connectivity index (χ1n) is 9.45. The van der Waals surface area contributed by atoms with Crippen LogP contribution in [0.2, 0.25) is 0 Å². The van der Waals surface area contributed by atoms with Crippen LogP contribution in [-0.4, -0.2) is 30.2 Å². The molecule has 2 heterocycles. The molecule has 2 aliphatic rings. The smallest absolute Gasteiger partial charge is 0.236 e. The van der Waals surface area contributed by atoms with Gasteiger partial charge < -0.3 is 5.32 Å². The lowest BCUT2D eigenvalue weighted by molar-refractivity contribution is -0.122. The van der Waals surface area contributed by atoms with Crippen molar-refractivity contribution in [2.45, 2.75) is 39.2 Å². The highest BCUT2D eigenvalue weighted by Crippen LogP contribution is 2.32. The topological polar surface area (TPSA) is 79.4 Å². The van der Waals surface area contributed by atoms with E-state index in [0.717, 1.165) is 41.0 Å². The van der Waals surface area contributed by atoms with E-state index < -0.39 is 10.0 Å². The molecule has 28 heavy (non-hydrogen) atoms. The zero-order valence-electron chi connectivity index (χ0n) is 15.7. The number of rotatable bonds is 5. The summed E-state index contributed by atoms with van der Waals surface area (Å²) in [5.74, 6) is 0.132. The number of carbonyl (C=O) groups is 1. The minimum absolute atomic E-state index is 0.0304. The minimum Gasteiger partial charge on any atom is -0.302 e. The lowest BCUT2D eigenvalue weighted by Gasteiger charge is -2.23. The van der Waals surface area contributed by atoms with Gasteiger partial charge in [-0.1, -0.05) is 36.2 Å². The number of benzene rings is 1. The molecule has 6 nitrogen and oxygen atoms in total. The number of anilines is 1. The van der Waals surface area contributed by atoms with E-state index in [4.69, 9.17) is 0 Å². The van der Waals surface area contributed by atoms with Crippen LogP contribution in [0, 0.1) is 12.8 Å². The molecule has 8 heteroatoms. The first-order valence-corrected chi connectivity index (χ1v) is 11.8. The van der Waals surface area contributed by atoms with Crippen LogP contribution >= 0.6 is 11.3 Å². The van der Waals surface area contributed by atoms with Crippen molar-refractivity contribution in [1.82, 2.24) is 9.29 Å². The van der Waals surface area contributed by atoms with E-state index in [0.29, 0.717) is 24.6 Å². The Morgan fingerprint density at radius 3 is 2.71 bits per heavy atom. The highest BCUT2D eigenvalue weighted by Gasteiger charge is 2.29. The SMILES string of the molecule is Cc1ccc(/C=C/S(=O)(=O)N2CCc3nc(NC(=O)C4CCC4)sc3C2)cc1. The van der Waals surface area contributed by atoms with E-state index in [1.54, 1.807) is 6.08 Å². The van der Waals surface area contributed by atoms with Gasteiger partial charge in [-0.15, -0.1) is 11.3 Å². The molecule has 148 valence electrons. The predicted octanol–water partition coefficient (Wildman–Crippen LogP) is 3.55. The van der Waals surface area contributed by atoms with Crippen molar-refractivity contribution in [3.63, 3.8) is 0 Å². The lowest BCUT2D eigenvalue weighted by Crippen LogP contribution is -2.34. The van der Waals surface area contributed by atoms with Crippen molar-refractivity contribution in [3.8, 4) is 0 Å². The minimum atomic E-state index is -3.51. The Morgan fingerprint density at radius 1 is 1.29 bits per heavy atom. The molecule has 1 aromatic carbocycles. The fourth-order valence-corrected chi connectivity index (χ4v) is 5.51. The third kappa shape index (κ3) is 4.19. The Morgan fingerprint density at radius 2 is 2.04 bits per heavy atom. The van der Waals surface area contributed by atoms with Crippen LogP contribution in [0.15, 0.2) is 29.7 Å². The van der Waals surface area contributed by atoms with Crippen molar-refractivity contribution in [2.75, 3.05) is 11.9 Å². The fraction of sp³-hybridized carbons (Fsp3) is 0.400. The van der Waals surface area contributed by atoms with E-state index in [2.05, 4.69) is 10.3 Å². The second-order valence-electron chi connectivity index (χ2n) is 7.35. The maximum atomic E-state index is 12.7. The van der Waals surface area contributed by atoms with Gasteiger partial charge in [0.25, 0.3) is 0 Å². The lowest BCUT2D eigenvalue weighted by atomic mass is 9.85. The van der Waals surface area contributed by atoms with Gasteiger partial charge in [-0.2, -0.15) is 4.31 Å². The molecule has 1 amide bonds. The monoisotopic (exact) mass is 417 g/mol. The van der Waals surface area contributed by atoms with E-state index in [1.807, 2.05) is 31.2 Å². The number of sulfonamides is 1. The Bertz CT molecular complexity index is 1010. The summed E-state index contributed by atoms with van der Waals surface area (Å²) in [6.07, 6.45) is 5.17. The van der Waals surface area contributed by atoms with E-state index >= 15 is 0 Å². The summed E-state index contributed by atoms with van der Waals surface area (Å²) in [7, 11) is -3.51. The Balaban J connectivity index is 1.43. The highest BCUT2D eigenvalue weighted by molar-refractivity contribution is 7.92. The number of carbonyl (C=O) groups excluding carboxylic acids is 1. The molecule has 0 radical (unpaired) electrons. The average Bonchev–Trinajstić information content (AvgIpc) is 3.01. The summed E-state index contributed by atoms with van der Waals surface area (Å²) in [4.78, 5) is 17.5. The van der Waals surface area contributed by atoms with Crippen LogP contribution in [0.3, 0.4) is 0 Å².